The van der Waals surface area contributed by atoms with Gasteiger partial charge in [0.25, 0.3) is 0 Å². The first-order valence-electron chi connectivity index (χ1n) is 4.79. The Kier molecular flexibility index (Phi) is 5.22. The molecule has 0 saturated carbocycles. The summed E-state index contributed by atoms with van der Waals surface area (Å²) in [7, 11) is -3.56. The lowest BCUT2D eigenvalue weighted by molar-refractivity contribution is 0.167. The first-order chi connectivity index (χ1) is 7.59. The third kappa shape index (κ3) is 4.10. The van der Waals surface area contributed by atoms with E-state index in [0.717, 1.165) is 0 Å². The highest BCUT2D eigenvalue weighted by molar-refractivity contribution is 7.48. The number of halogens is 1. The van der Waals surface area contributed by atoms with Crippen LogP contribution < -0.4 is 4.52 Å². The molecule has 0 unspecified atom stereocenters. The maximum Gasteiger partial charge on any atom is 0.530 e. The van der Waals surface area contributed by atoms with Crippen LogP contribution in [0.1, 0.15) is 13.8 Å². The maximum atomic E-state index is 12.0. The van der Waals surface area contributed by atoms with Crippen molar-refractivity contribution >= 4 is 19.4 Å². The summed E-state index contributed by atoms with van der Waals surface area (Å²) >= 11 is 5.71. The molecular weight excluding hydrogens is 253 g/mol. The molecule has 0 saturated heterocycles. The fraction of sp³-hybridized carbons (Fsp3) is 0.444. The minimum atomic E-state index is -3.56. The molecular formula is C9H13ClNO4P. The van der Waals surface area contributed by atoms with Crippen molar-refractivity contribution in [2.24, 2.45) is 0 Å². The largest absolute Gasteiger partial charge is 0.530 e. The molecule has 0 amide bonds. The van der Waals surface area contributed by atoms with Crippen molar-refractivity contribution in [3.8, 4) is 5.75 Å². The van der Waals surface area contributed by atoms with Crippen molar-refractivity contribution in [2.45, 2.75) is 13.8 Å². The summed E-state index contributed by atoms with van der Waals surface area (Å²) in [4.78, 5) is 3.80. The summed E-state index contributed by atoms with van der Waals surface area (Å²) in [6.45, 7) is 3.85. The van der Waals surface area contributed by atoms with Crippen molar-refractivity contribution in [3.63, 3.8) is 0 Å². The fourth-order valence-electron chi connectivity index (χ4n) is 0.978. The number of hydrogen-bond acceptors (Lipinski definition) is 5. The molecule has 0 atom stereocenters. The molecule has 0 aliphatic rings. The number of rotatable bonds is 6. The Morgan fingerprint density at radius 1 is 1.31 bits per heavy atom. The van der Waals surface area contributed by atoms with Crippen LogP contribution in [0.15, 0.2) is 18.5 Å². The lowest BCUT2D eigenvalue weighted by Gasteiger charge is -2.16. The Hall–Kier alpha value is -0.610. The van der Waals surface area contributed by atoms with Gasteiger partial charge in [0.2, 0.25) is 0 Å². The van der Waals surface area contributed by atoms with Crippen molar-refractivity contribution in [1.29, 1.82) is 0 Å². The number of phosphoric ester groups is 1. The molecule has 0 aliphatic carbocycles. The molecule has 0 spiro atoms. The van der Waals surface area contributed by atoms with Crippen molar-refractivity contribution in [3.05, 3.63) is 23.5 Å². The Balaban J connectivity index is 2.79. The summed E-state index contributed by atoms with van der Waals surface area (Å²) in [6, 6.07) is 1.49. The van der Waals surface area contributed by atoms with Gasteiger partial charge in [-0.1, -0.05) is 11.6 Å². The highest BCUT2D eigenvalue weighted by Crippen LogP contribution is 2.49. The molecule has 0 N–H and O–H groups in total. The van der Waals surface area contributed by atoms with Gasteiger partial charge in [-0.3, -0.25) is 14.0 Å². The summed E-state index contributed by atoms with van der Waals surface area (Å²) in [5, 5.41) is 0.386. The molecule has 7 heteroatoms. The van der Waals surface area contributed by atoms with E-state index in [1.54, 1.807) is 13.8 Å². The van der Waals surface area contributed by atoms with Crippen LogP contribution in [0.25, 0.3) is 0 Å². The SMILES string of the molecule is CCOP(=O)(OCC)Oc1cncc(Cl)c1. The number of hydrogen-bond donors (Lipinski definition) is 0. The summed E-state index contributed by atoms with van der Waals surface area (Å²) in [6.07, 6.45) is 2.83. The Morgan fingerprint density at radius 2 is 1.94 bits per heavy atom. The van der Waals surface area contributed by atoms with Gasteiger partial charge in [0.1, 0.15) is 0 Å². The van der Waals surface area contributed by atoms with Crippen LogP contribution in [0.5, 0.6) is 5.75 Å². The maximum absolute atomic E-state index is 12.0. The zero-order valence-electron chi connectivity index (χ0n) is 9.05. The van der Waals surface area contributed by atoms with E-state index in [4.69, 9.17) is 25.2 Å². The molecule has 1 aromatic rings. The molecule has 0 aromatic carbocycles. The van der Waals surface area contributed by atoms with Gasteiger partial charge in [-0.15, -0.1) is 0 Å². The predicted octanol–water partition coefficient (Wildman–Crippen LogP) is 3.29. The average molecular weight is 266 g/mol. The van der Waals surface area contributed by atoms with E-state index < -0.39 is 7.82 Å². The highest BCUT2D eigenvalue weighted by Gasteiger charge is 2.27. The fourth-order valence-corrected chi connectivity index (χ4v) is 2.31. The van der Waals surface area contributed by atoms with Gasteiger partial charge >= 0.3 is 7.82 Å². The van der Waals surface area contributed by atoms with Gasteiger partial charge in [-0.2, -0.15) is 0 Å². The van der Waals surface area contributed by atoms with Gasteiger partial charge < -0.3 is 4.52 Å². The van der Waals surface area contributed by atoms with E-state index in [1.807, 2.05) is 0 Å². The van der Waals surface area contributed by atoms with Gasteiger partial charge in [0.15, 0.2) is 5.75 Å². The van der Waals surface area contributed by atoms with Crippen LogP contribution in [0, 0.1) is 0 Å². The van der Waals surface area contributed by atoms with Crippen LogP contribution in [0.3, 0.4) is 0 Å². The second-order valence-corrected chi connectivity index (χ2v) is 4.74. The number of nitrogens with zero attached hydrogens (tertiary/aromatic N) is 1. The summed E-state index contributed by atoms with van der Waals surface area (Å²) < 4.78 is 27.0. The molecule has 16 heavy (non-hydrogen) atoms. The minimum Gasteiger partial charge on any atom is -0.402 e. The van der Waals surface area contributed by atoms with Gasteiger partial charge in [-0.25, -0.2) is 4.57 Å². The minimum absolute atomic E-state index is 0.227. The van der Waals surface area contributed by atoms with Crippen LogP contribution in [-0.4, -0.2) is 18.2 Å². The van der Waals surface area contributed by atoms with Gasteiger partial charge in [-0.05, 0) is 13.8 Å². The van der Waals surface area contributed by atoms with Crippen LogP contribution in [-0.2, 0) is 13.6 Å². The second kappa shape index (κ2) is 6.21. The Labute approximate surface area is 99.3 Å². The molecule has 0 fully saturated rings. The normalized spacial score (nSPS) is 11.4. The van der Waals surface area contributed by atoms with Crippen LogP contribution in [0.2, 0.25) is 5.02 Å². The molecule has 90 valence electrons. The van der Waals surface area contributed by atoms with E-state index in [9.17, 15) is 4.57 Å². The zero-order valence-corrected chi connectivity index (χ0v) is 10.7. The summed E-state index contributed by atoms with van der Waals surface area (Å²) in [5.41, 5.74) is 0. The Bertz CT molecular complexity index is 378. The van der Waals surface area contributed by atoms with Crippen molar-refractivity contribution < 1.29 is 18.1 Å². The van der Waals surface area contributed by atoms with E-state index in [2.05, 4.69) is 4.98 Å². The third-order valence-corrected chi connectivity index (χ3v) is 3.26. The van der Waals surface area contributed by atoms with E-state index in [-0.39, 0.29) is 19.0 Å². The summed E-state index contributed by atoms with van der Waals surface area (Å²) in [5.74, 6) is 0.248. The van der Waals surface area contributed by atoms with Gasteiger partial charge in [0, 0.05) is 12.3 Å². The van der Waals surface area contributed by atoms with Gasteiger partial charge in [0.05, 0.1) is 24.4 Å². The topological polar surface area (TPSA) is 57.7 Å². The van der Waals surface area contributed by atoms with Crippen LogP contribution in [0.4, 0.5) is 0 Å². The number of aromatic nitrogens is 1. The highest BCUT2D eigenvalue weighted by atomic mass is 35.5. The first kappa shape index (κ1) is 13.5. The van der Waals surface area contributed by atoms with E-state index in [1.165, 1.54) is 18.5 Å². The lowest BCUT2D eigenvalue weighted by Crippen LogP contribution is -2.02. The predicted molar refractivity (Wildman–Crippen MR) is 60.7 cm³/mol. The third-order valence-electron chi connectivity index (χ3n) is 1.47. The monoisotopic (exact) mass is 265 g/mol. The first-order valence-corrected chi connectivity index (χ1v) is 6.62. The molecule has 0 radical (unpaired) electrons. The number of phosphoric acid groups is 1. The number of pyridine rings is 1. The van der Waals surface area contributed by atoms with E-state index >= 15 is 0 Å². The molecule has 1 heterocycles. The lowest BCUT2D eigenvalue weighted by atomic mass is 10.5. The van der Waals surface area contributed by atoms with Crippen molar-refractivity contribution in [2.75, 3.05) is 13.2 Å². The zero-order chi connectivity index (χ0) is 12.0. The molecule has 0 aliphatic heterocycles. The standard InChI is InChI=1S/C9H13ClNO4P/c1-3-13-16(12,14-4-2)15-9-5-8(10)6-11-7-9/h5-7H,3-4H2,1-2H3. The van der Waals surface area contributed by atoms with E-state index in [0.29, 0.717) is 5.02 Å². The van der Waals surface area contributed by atoms with Crippen LogP contribution >= 0.6 is 19.4 Å². The molecule has 1 rings (SSSR count). The Morgan fingerprint density at radius 3 is 2.44 bits per heavy atom. The average Bonchev–Trinajstić information content (AvgIpc) is 2.17. The second-order valence-electron chi connectivity index (χ2n) is 2.71. The molecule has 1 aromatic heterocycles. The molecule has 0 bridgehead atoms. The molecule has 5 nitrogen and oxygen atoms in total. The van der Waals surface area contributed by atoms with Crippen molar-refractivity contribution in [1.82, 2.24) is 4.98 Å². The quantitative estimate of drug-likeness (QED) is 0.739. The smallest absolute Gasteiger partial charge is 0.402 e.